The van der Waals surface area contributed by atoms with E-state index in [0.29, 0.717) is 28.5 Å². The highest BCUT2D eigenvalue weighted by atomic mass is 16.8. The fourth-order valence-electron chi connectivity index (χ4n) is 6.04. The van der Waals surface area contributed by atoms with Crippen molar-refractivity contribution in [3.05, 3.63) is 53.1 Å². The molecule has 2 heterocycles. The maximum Gasteiger partial charge on any atom is 0.348 e. The third-order valence-corrected chi connectivity index (χ3v) is 8.66. The fourth-order valence-corrected chi connectivity index (χ4v) is 6.04. The van der Waals surface area contributed by atoms with Crippen LogP contribution < -0.4 is 5.32 Å². The van der Waals surface area contributed by atoms with Crippen molar-refractivity contribution < 1.29 is 48.0 Å². The van der Waals surface area contributed by atoms with E-state index in [-0.39, 0.29) is 32.1 Å². The second-order valence-corrected chi connectivity index (χ2v) is 12.6. The number of cyclic esters (lactones) is 1. The number of ether oxygens (including phenoxy) is 5. The van der Waals surface area contributed by atoms with Gasteiger partial charge in [-0.25, -0.2) is 14.4 Å². The van der Waals surface area contributed by atoms with E-state index in [1.54, 1.807) is 44.2 Å². The number of carbonyl (C=O) groups excluding carboxylic acids is 4. The Bertz CT molecular complexity index is 1330. The molecule has 2 saturated carbocycles. The van der Waals surface area contributed by atoms with Crippen LogP contribution in [0.1, 0.15) is 61.9 Å². The second-order valence-electron chi connectivity index (χ2n) is 12.6. The minimum absolute atomic E-state index is 0.115. The summed E-state index contributed by atoms with van der Waals surface area (Å²) in [6.07, 6.45) is 6.02. The first-order chi connectivity index (χ1) is 20.6. The summed E-state index contributed by atoms with van der Waals surface area (Å²) in [6.45, 7) is 3.69. The van der Waals surface area contributed by atoms with Crippen molar-refractivity contribution in [1.82, 2.24) is 5.32 Å². The molecule has 1 amide bonds. The lowest BCUT2D eigenvalue weighted by Gasteiger charge is -2.31. The molecule has 6 rings (SSSR count). The Hall–Kier alpha value is -3.54. The Morgan fingerprint density at radius 1 is 1.05 bits per heavy atom. The topological polar surface area (TPSA) is 147 Å². The van der Waals surface area contributed by atoms with Crippen molar-refractivity contribution in [3.63, 3.8) is 0 Å². The monoisotopic (exact) mass is 595 g/mol. The second kappa shape index (κ2) is 11.5. The molecule has 0 bridgehead atoms. The molecule has 1 aromatic carbocycles. The highest BCUT2D eigenvalue weighted by molar-refractivity contribution is 5.94. The van der Waals surface area contributed by atoms with Gasteiger partial charge in [0.25, 0.3) is 0 Å². The zero-order chi connectivity index (χ0) is 30.4. The van der Waals surface area contributed by atoms with Crippen LogP contribution in [0, 0.1) is 17.3 Å². The lowest BCUT2D eigenvalue weighted by molar-refractivity contribution is -0.209. The molecule has 2 saturated heterocycles. The van der Waals surface area contributed by atoms with Gasteiger partial charge in [-0.3, -0.25) is 4.79 Å². The largest absolute Gasteiger partial charge is 0.462 e. The van der Waals surface area contributed by atoms with Gasteiger partial charge in [0.2, 0.25) is 12.0 Å². The summed E-state index contributed by atoms with van der Waals surface area (Å²) in [5.74, 6) is -2.24. The Kier molecular flexibility index (Phi) is 7.91. The molecule has 0 unspecified atom stereocenters. The Balaban J connectivity index is 1.12. The van der Waals surface area contributed by atoms with Gasteiger partial charge in [0, 0.05) is 41.9 Å². The number of benzene rings is 1. The zero-order valence-electron chi connectivity index (χ0n) is 24.3. The Labute approximate surface area is 249 Å². The van der Waals surface area contributed by atoms with E-state index in [1.807, 2.05) is 0 Å². The van der Waals surface area contributed by atoms with Crippen molar-refractivity contribution in [3.8, 4) is 0 Å². The third-order valence-electron chi connectivity index (χ3n) is 8.66. The van der Waals surface area contributed by atoms with E-state index >= 15 is 0 Å². The summed E-state index contributed by atoms with van der Waals surface area (Å²) in [6, 6.07) is 6.48. The lowest BCUT2D eigenvalue weighted by atomic mass is 9.90. The molecule has 2 N–H and O–H groups in total. The van der Waals surface area contributed by atoms with Crippen molar-refractivity contribution in [1.29, 1.82) is 0 Å². The predicted molar refractivity (Wildman–Crippen MR) is 150 cm³/mol. The predicted octanol–water partition coefficient (Wildman–Crippen LogP) is 2.46. The number of aliphatic hydroxyl groups is 1. The van der Waals surface area contributed by atoms with Gasteiger partial charge in [-0.15, -0.1) is 0 Å². The maximum atomic E-state index is 13.3. The zero-order valence-corrected chi connectivity index (χ0v) is 24.3. The summed E-state index contributed by atoms with van der Waals surface area (Å²) >= 11 is 0. The normalized spacial score (nSPS) is 29.0. The lowest BCUT2D eigenvalue weighted by Crippen LogP contribution is -2.44. The molecule has 0 aromatic heterocycles. The van der Waals surface area contributed by atoms with E-state index in [1.165, 1.54) is 12.2 Å². The minimum atomic E-state index is -0.967. The molecule has 43 heavy (non-hydrogen) atoms. The van der Waals surface area contributed by atoms with Gasteiger partial charge in [0.05, 0.1) is 12.2 Å². The third kappa shape index (κ3) is 6.11. The van der Waals surface area contributed by atoms with E-state index in [9.17, 15) is 19.2 Å². The van der Waals surface area contributed by atoms with Crippen LogP contribution in [0.25, 0.3) is 6.08 Å². The van der Waals surface area contributed by atoms with Crippen LogP contribution in [0.4, 0.5) is 0 Å². The SMILES string of the molecule is CC1(C)COC(=O)[C@@H]1OC(=O)C=Cc1ccc(C(=O)O[C@@H]2CC(C(=O)NCCO)=C[C@H]3OC(C4CC4)(C4CC4)O[C@H]32)cc1. The van der Waals surface area contributed by atoms with Crippen molar-refractivity contribution >= 4 is 29.9 Å². The van der Waals surface area contributed by atoms with Gasteiger partial charge in [-0.05, 0) is 55.5 Å². The number of hydrogen-bond acceptors (Lipinski definition) is 10. The molecule has 0 radical (unpaired) electrons. The molecular formula is C32H37NO10. The number of fused-ring (bicyclic) bond motifs is 1. The highest BCUT2D eigenvalue weighted by Gasteiger charge is 2.64. The van der Waals surface area contributed by atoms with Crippen molar-refractivity contribution in [2.75, 3.05) is 19.8 Å². The number of hydrogen-bond donors (Lipinski definition) is 2. The smallest absolute Gasteiger partial charge is 0.348 e. The summed E-state index contributed by atoms with van der Waals surface area (Å²) in [5, 5.41) is 11.8. The number of esters is 3. The van der Waals surface area contributed by atoms with Crippen LogP contribution in [0.3, 0.4) is 0 Å². The van der Waals surface area contributed by atoms with Crippen LogP contribution in [0.2, 0.25) is 0 Å². The summed E-state index contributed by atoms with van der Waals surface area (Å²) in [7, 11) is 0. The van der Waals surface area contributed by atoms with Crippen LogP contribution in [0.15, 0.2) is 42.0 Å². The summed E-state index contributed by atoms with van der Waals surface area (Å²) in [4.78, 5) is 50.2. The molecule has 5 aliphatic rings. The quantitative estimate of drug-likeness (QED) is 0.235. The number of rotatable bonds is 10. The first-order valence-electron chi connectivity index (χ1n) is 14.9. The van der Waals surface area contributed by atoms with Crippen molar-refractivity contribution in [2.45, 2.75) is 76.2 Å². The molecular weight excluding hydrogens is 558 g/mol. The summed E-state index contributed by atoms with van der Waals surface area (Å²) < 4.78 is 29.4. The number of carbonyl (C=O) groups is 4. The van der Waals surface area contributed by atoms with Gasteiger partial charge >= 0.3 is 17.9 Å². The number of amides is 1. The van der Waals surface area contributed by atoms with E-state index in [4.69, 9.17) is 28.8 Å². The van der Waals surface area contributed by atoms with Crippen LogP contribution >= 0.6 is 0 Å². The first-order valence-corrected chi connectivity index (χ1v) is 14.9. The Morgan fingerprint density at radius 2 is 1.74 bits per heavy atom. The van der Waals surface area contributed by atoms with Gasteiger partial charge in [-0.2, -0.15) is 0 Å². The number of aliphatic hydroxyl groups excluding tert-OH is 1. The van der Waals surface area contributed by atoms with E-state index < -0.39 is 53.5 Å². The molecule has 0 spiro atoms. The van der Waals surface area contributed by atoms with Crippen LogP contribution in [-0.2, 0) is 38.1 Å². The van der Waals surface area contributed by atoms with Crippen LogP contribution in [-0.4, -0.2) is 78.9 Å². The molecule has 230 valence electrons. The van der Waals surface area contributed by atoms with Crippen molar-refractivity contribution in [2.24, 2.45) is 17.3 Å². The molecule has 11 nitrogen and oxygen atoms in total. The highest BCUT2D eigenvalue weighted by Crippen LogP contribution is 2.59. The Morgan fingerprint density at radius 3 is 2.35 bits per heavy atom. The maximum absolute atomic E-state index is 13.3. The first kappa shape index (κ1) is 29.5. The molecule has 1 aromatic rings. The molecule has 4 atom stereocenters. The van der Waals surface area contributed by atoms with Gasteiger partial charge in [0.1, 0.15) is 24.9 Å². The molecule has 4 fully saturated rings. The van der Waals surface area contributed by atoms with Gasteiger partial charge in [0.15, 0.2) is 5.79 Å². The van der Waals surface area contributed by atoms with Gasteiger partial charge in [-0.1, -0.05) is 26.0 Å². The summed E-state index contributed by atoms with van der Waals surface area (Å²) in [5.41, 5.74) is 0.756. The average Bonchev–Trinajstić information content (AvgIpc) is 3.93. The minimum Gasteiger partial charge on any atom is -0.462 e. The van der Waals surface area contributed by atoms with Crippen LogP contribution in [0.5, 0.6) is 0 Å². The van der Waals surface area contributed by atoms with E-state index in [2.05, 4.69) is 5.32 Å². The fraction of sp³-hybridized carbons (Fsp3) is 0.562. The standard InChI is InChI=1S/C32H37NO10/c1-31(2)17-39-30(38)27(31)41-25(35)12-5-18-3-6-19(7-4-18)29(37)40-23-15-20(28(36)33-13-14-34)16-24-26(23)43-32(42-24,21-8-9-21)22-10-11-22/h3-7,12,16,21-24,26-27,34H,8-11,13-15,17H2,1-2H3,(H,33,36)/t23-,24-,26+,27+/m1/s1. The molecule has 2 aliphatic heterocycles. The average molecular weight is 596 g/mol. The molecule has 11 heteroatoms. The van der Waals surface area contributed by atoms with Gasteiger partial charge < -0.3 is 34.1 Å². The van der Waals surface area contributed by atoms with E-state index in [0.717, 1.165) is 25.7 Å². The number of nitrogens with one attached hydrogen (secondary N) is 1. The molecule has 3 aliphatic carbocycles.